The molecule has 1 amide bonds. The molecule has 28 heavy (non-hydrogen) atoms. The highest BCUT2D eigenvalue weighted by Crippen LogP contribution is 2.27. The van der Waals surface area contributed by atoms with E-state index in [0.717, 1.165) is 11.1 Å². The van der Waals surface area contributed by atoms with Crippen molar-refractivity contribution in [2.24, 2.45) is 0 Å². The molecule has 0 radical (unpaired) electrons. The van der Waals surface area contributed by atoms with E-state index in [1.807, 2.05) is 26.0 Å². The van der Waals surface area contributed by atoms with Crippen LogP contribution in [0.5, 0.6) is 5.75 Å². The van der Waals surface area contributed by atoms with E-state index in [-0.39, 0.29) is 18.3 Å². The molecule has 0 saturated heterocycles. The van der Waals surface area contributed by atoms with Gasteiger partial charge in [0.25, 0.3) is 5.91 Å². The summed E-state index contributed by atoms with van der Waals surface area (Å²) >= 11 is 12.3. The van der Waals surface area contributed by atoms with Gasteiger partial charge in [-0.3, -0.25) is 4.79 Å². The van der Waals surface area contributed by atoms with Crippen LogP contribution in [-0.2, 0) is 11.3 Å². The van der Waals surface area contributed by atoms with Crippen LogP contribution in [0.4, 0.5) is 0 Å². The summed E-state index contributed by atoms with van der Waals surface area (Å²) in [6.45, 7) is 5.53. The standard InChI is InChI=1S/C20H19Cl2N3O3/c1-11-8-14(9-12(2)18(11)22)27-13(3)20(26)23-10-17-24-19(25-28-17)15-6-4-5-7-16(15)21/h4-9,13H,10H2,1-3H3,(H,23,26). The van der Waals surface area contributed by atoms with Crippen molar-refractivity contribution in [2.75, 3.05) is 0 Å². The summed E-state index contributed by atoms with van der Waals surface area (Å²) in [7, 11) is 0. The quantitative estimate of drug-likeness (QED) is 0.623. The molecule has 0 fully saturated rings. The van der Waals surface area contributed by atoms with Crippen molar-refractivity contribution in [3.8, 4) is 17.1 Å². The zero-order valence-electron chi connectivity index (χ0n) is 15.6. The van der Waals surface area contributed by atoms with Gasteiger partial charge in [-0.15, -0.1) is 0 Å². The topological polar surface area (TPSA) is 77.2 Å². The SMILES string of the molecule is Cc1cc(OC(C)C(=O)NCc2nc(-c3ccccc3Cl)no2)cc(C)c1Cl. The third-order valence-electron chi connectivity index (χ3n) is 4.09. The van der Waals surface area contributed by atoms with E-state index >= 15 is 0 Å². The maximum atomic E-state index is 12.3. The Hall–Kier alpha value is -2.57. The first-order chi connectivity index (χ1) is 13.3. The lowest BCUT2D eigenvalue weighted by molar-refractivity contribution is -0.127. The maximum Gasteiger partial charge on any atom is 0.261 e. The molecule has 0 spiro atoms. The van der Waals surface area contributed by atoms with Crippen LogP contribution in [0, 0.1) is 13.8 Å². The van der Waals surface area contributed by atoms with Crippen molar-refractivity contribution >= 4 is 29.1 Å². The molecule has 3 rings (SSSR count). The van der Waals surface area contributed by atoms with Crippen LogP contribution in [0.2, 0.25) is 10.0 Å². The van der Waals surface area contributed by atoms with Crippen LogP contribution >= 0.6 is 23.2 Å². The van der Waals surface area contributed by atoms with Gasteiger partial charge in [0.1, 0.15) is 5.75 Å². The van der Waals surface area contributed by atoms with Crippen molar-refractivity contribution in [2.45, 2.75) is 33.4 Å². The molecule has 1 aromatic heterocycles. The summed E-state index contributed by atoms with van der Waals surface area (Å²) in [6, 6.07) is 10.8. The highest BCUT2D eigenvalue weighted by molar-refractivity contribution is 6.33. The number of ether oxygens (including phenoxy) is 1. The largest absolute Gasteiger partial charge is 0.481 e. The zero-order chi connectivity index (χ0) is 20.3. The van der Waals surface area contributed by atoms with Gasteiger partial charge in [-0.1, -0.05) is 40.5 Å². The van der Waals surface area contributed by atoms with Gasteiger partial charge in [0.05, 0.1) is 11.6 Å². The number of aryl methyl sites for hydroxylation is 2. The minimum Gasteiger partial charge on any atom is -0.481 e. The molecular formula is C20H19Cl2N3O3. The maximum absolute atomic E-state index is 12.3. The van der Waals surface area contributed by atoms with Gasteiger partial charge < -0.3 is 14.6 Å². The highest BCUT2D eigenvalue weighted by Gasteiger charge is 2.17. The monoisotopic (exact) mass is 419 g/mol. The lowest BCUT2D eigenvalue weighted by Crippen LogP contribution is -2.36. The fourth-order valence-electron chi connectivity index (χ4n) is 2.62. The van der Waals surface area contributed by atoms with Gasteiger partial charge >= 0.3 is 0 Å². The van der Waals surface area contributed by atoms with E-state index < -0.39 is 6.10 Å². The average molecular weight is 420 g/mol. The Labute approximate surface area is 172 Å². The number of hydrogen-bond donors (Lipinski definition) is 1. The number of carbonyl (C=O) groups is 1. The Balaban J connectivity index is 1.59. The molecule has 0 bridgehead atoms. The van der Waals surface area contributed by atoms with Crippen molar-refractivity contribution in [3.63, 3.8) is 0 Å². The Kier molecular flexibility index (Phi) is 6.21. The summed E-state index contributed by atoms with van der Waals surface area (Å²) in [4.78, 5) is 16.6. The van der Waals surface area contributed by atoms with Crippen LogP contribution in [0.3, 0.4) is 0 Å². The fraction of sp³-hybridized carbons (Fsp3) is 0.250. The molecule has 1 N–H and O–H groups in total. The van der Waals surface area contributed by atoms with Gasteiger partial charge in [-0.2, -0.15) is 4.98 Å². The average Bonchev–Trinajstić information content (AvgIpc) is 3.13. The molecule has 0 aliphatic heterocycles. The number of halogens is 2. The number of nitrogens with one attached hydrogen (secondary N) is 1. The zero-order valence-corrected chi connectivity index (χ0v) is 17.1. The van der Waals surface area contributed by atoms with E-state index in [2.05, 4.69) is 15.5 Å². The van der Waals surface area contributed by atoms with E-state index in [9.17, 15) is 4.79 Å². The van der Waals surface area contributed by atoms with Gasteiger partial charge in [0.2, 0.25) is 11.7 Å². The van der Waals surface area contributed by atoms with E-state index in [0.29, 0.717) is 27.2 Å². The van der Waals surface area contributed by atoms with Crippen molar-refractivity contribution in [1.82, 2.24) is 15.5 Å². The van der Waals surface area contributed by atoms with Crippen molar-refractivity contribution in [1.29, 1.82) is 0 Å². The number of benzene rings is 2. The first-order valence-electron chi connectivity index (χ1n) is 8.63. The van der Waals surface area contributed by atoms with Crippen LogP contribution in [-0.4, -0.2) is 22.2 Å². The number of nitrogens with zero attached hydrogens (tertiary/aromatic N) is 2. The third-order valence-corrected chi connectivity index (χ3v) is 5.01. The van der Waals surface area contributed by atoms with Crippen LogP contribution < -0.4 is 10.1 Å². The van der Waals surface area contributed by atoms with Gasteiger partial charge in [-0.05, 0) is 56.2 Å². The number of hydrogen-bond acceptors (Lipinski definition) is 5. The predicted octanol–water partition coefficient (Wildman–Crippen LogP) is 4.74. The van der Waals surface area contributed by atoms with Crippen molar-refractivity contribution < 1.29 is 14.1 Å². The van der Waals surface area contributed by atoms with Crippen LogP contribution in [0.25, 0.3) is 11.4 Å². The normalized spacial score (nSPS) is 11.9. The molecule has 0 aliphatic carbocycles. The summed E-state index contributed by atoms with van der Waals surface area (Å²) in [6.07, 6.45) is -0.703. The van der Waals surface area contributed by atoms with Crippen LogP contribution in [0.15, 0.2) is 40.9 Å². The van der Waals surface area contributed by atoms with E-state index in [1.165, 1.54) is 0 Å². The van der Waals surface area contributed by atoms with E-state index in [1.54, 1.807) is 31.2 Å². The molecule has 6 nitrogen and oxygen atoms in total. The second kappa shape index (κ2) is 8.63. The highest BCUT2D eigenvalue weighted by atomic mass is 35.5. The first kappa shape index (κ1) is 20.2. The molecule has 1 atom stereocenters. The number of aromatic nitrogens is 2. The Morgan fingerprint density at radius 3 is 2.57 bits per heavy atom. The Bertz CT molecular complexity index is 981. The van der Waals surface area contributed by atoms with E-state index in [4.69, 9.17) is 32.5 Å². The summed E-state index contributed by atoms with van der Waals surface area (Å²) in [5.74, 6) is 0.920. The summed E-state index contributed by atoms with van der Waals surface area (Å²) < 4.78 is 10.9. The molecule has 2 aromatic carbocycles. The number of carbonyl (C=O) groups excluding carboxylic acids is 1. The lowest BCUT2D eigenvalue weighted by Gasteiger charge is -2.15. The third kappa shape index (κ3) is 4.64. The number of amides is 1. The first-order valence-corrected chi connectivity index (χ1v) is 9.39. The molecule has 1 heterocycles. The molecule has 3 aromatic rings. The molecular weight excluding hydrogens is 401 g/mol. The van der Waals surface area contributed by atoms with Crippen LogP contribution in [0.1, 0.15) is 23.9 Å². The van der Waals surface area contributed by atoms with Crippen molar-refractivity contribution in [3.05, 3.63) is 63.5 Å². The van der Waals surface area contributed by atoms with Gasteiger partial charge in [-0.25, -0.2) is 0 Å². The molecule has 0 saturated carbocycles. The fourth-order valence-corrected chi connectivity index (χ4v) is 2.95. The Morgan fingerprint density at radius 2 is 1.89 bits per heavy atom. The minimum absolute atomic E-state index is 0.0860. The lowest BCUT2D eigenvalue weighted by atomic mass is 10.1. The summed E-state index contributed by atoms with van der Waals surface area (Å²) in [5.41, 5.74) is 2.44. The second-order valence-electron chi connectivity index (χ2n) is 6.34. The molecule has 8 heteroatoms. The predicted molar refractivity (Wildman–Crippen MR) is 108 cm³/mol. The molecule has 146 valence electrons. The Morgan fingerprint density at radius 1 is 1.21 bits per heavy atom. The van der Waals surface area contributed by atoms with Gasteiger partial charge in [0, 0.05) is 10.6 Å². The smallest absolute Gasteiger partial charge is 0.261 e. The molecule has 0 aliphatic rings. The molecule has 1 unspecified atom stereocenters. The number of rotatable bonds is 6. The van der Waals surface area contributed by atoms with Gasteiger partial charge in [0.15, 0.2) is 6.10 Å². The summed E-state index contributed by atoms with van der Waals surface area (Å²) in [5, 5.41) is 7.83. The minimum atomic E-state index is -0.703. The second-order valence-corrected chi connectivity index (χ2v) is 7.13.